The first-order valence-corrected chi connectivity index (χ1v) is 16.3. The Morgan fingerprint density at radius 1 is 0.898 bits per heavy atom. The van der Waals surface area contributed by atoms with Crippen LogP contribution in [0.3, 0.4) is 0 Å². The summed E-state index contributed by atoms with van der Waals surface area (Å²) in [6.07, 6.45) is 3.20. The highest BCUT2D eigenvalue weighted by Gasteiger charge is 2.24. The van der Waals surface area contributed by atoms with E-state index in [9.17, 15) is 19.5 Å². The fourth-order valence-corrected chi connectivity index (χ4v) is 6.55. The Morgan fingerprint density at radius 3 is 2.33 bits per heavy atom. The van der Waals surface area contributed by atoms with Crippen LogP contribution in [-0.2, 0) is 17.8 Å². The van der Waals surface area contributed by atoms with E-state index in [1.165, 1.54) is 6.08 Å². The number of hydrogen-bond acceptors (Lipinski definition) is 6. The molecule has 0 aliphatic carbocycles. The predicted octanol–water partition coefficient (Wildman–Crippen LogP) is 6.00. The lowest BCUT2D eigenvalue weighted by Gasteiger charge is -2.32. The third-order valence-corrected chi connectivity index (χ3v) is 9.08. The van der Waals surface area contributed by atoms with Gasteiger partial charge in [0, 0.05) is 48.9 Å². The van der Waals surface area contributed by atoms with E-state index in [0.717, 1.165) is 65.8 Å². The number of aromatic amines is 2. The van der Waals surface area contributed by atoms with Gasteiger partial charge in [0.15, 0.2) is 0 Å². The van der Waals surface area contributed by atoms with E-state index >= 15 is 0 Å². The number of nitrogens with zero attached hydrogens (tertiary/aromatic N) is 3. The molecule has 3 heterocycles. The summed E-state index contributed by atoms with van der Waals surface area (Å²) in [5.74, 6) is -0.125. The number of rotatable bonds is 9. The molecule has 10 heteroatoms. The molecule has 10 nitrogen and oxygen atoms in total. The van der Waals surface area contributed by atoms with Gasteiger partial charge in [-0.3, -0.25) is 19.1 Å². The van der Waals surface area contributed by atoms with Crippen LogP contribution in [0.25, 0.3) is 33.5 Å². The molecule has 0 bridgehead atoms. The number of carbonyl (C=O) groups excluding carboxylic acids is 1. The molecule has 0 spiro atoms. The minimum atomic E-state index is -0.299. The van der Waals surface area contributed by atoms with E-state index in [2.05, 4.69) is 38.9 Å². The average molecular weight is 653 g/mol. The Balaban J connectivity index is 1.07. The summed E-state index contributed by atoms with van der Waals surface area (Å²) in [7, 11) is 0. The first kappa shape index (κ1) is 31.6. The topological polar surface area (TPSA) is 136 Å². The van der Waals surface area contributed by atoms with Crippen LogP contribution in [0.2, 0.25) is 0 Å². The number of aromatic hydroxyl groups is 1. The van der Waals surface area contributed by atoms with Crippen molar-refractivity contribution in [2.75, 3.05) is 18.4 Å². The molecule has 2 aromatic heterocycles. The van der Waals surface area contributed by atoms with Crippen molar-refractivity contribution in [1.82, 2.24) is 24.4 Å². The van der Waals surface area contributed by atoms with Crippen molar-refractivity contribution in [3.05, 3.63) is 147 Å². The maximum absolute atomic E-state index is 13.3. The summed E-state index contributed by atoms with van der Waals surface area (Å²) in [5.41, 5.74) is 7.30. The van der Waals surface area contributed by atoms with E-state index in [1.807, 2.05) is 59.2 Å². The lowest BCUT2D eigenvalue weighted by molar-refractivity contribution is -0.111. The number of amides is 1. The van der Waals surface area contributed by atoms with Crippen molar-refractivity contribution in [3.8, 4) is 28.3 Å². The number of carbonyl (C=O) groups is 1. The van der Waals surface area contributed by atoms with Gasteiger partial charge < -0.3 is 20.4 Å². The summed E-state index contributed by atoms with van der Waals surface area (Å²) < 4.78 is 1.82. The summed E-state index contributed by atoms with van der Waals surface area (Å²) in [5, 5.41) is 12.4. The van der Waals surface area contributed by atoms with E-state index in [1.54, 1.807) is 30.3 Å². The third-order valence-electron chi connectivity index (χ3n) is 9.08. The third kappa shape index (κ3) is 6.86. The molecule has 1 aliphatic heterocycles. The molecule has 4 N–H and O–H groups in total. The molecular formula is C39H36N6O4. The summed E-state index contributed by atoms with van der Waals surface area (Å²) in [6.45, 7) is 5.93. The SMILES string of the molecule is C=CC(=O)Nc1ccc2[nH]c(=O)n(C3CCN(Cc4ccc(-c5[nH]c(=O)c(Cc6ccc(O)cc6)nc5-c5ccccc5)cc4)CC3)c2c1. The summed E-state index contributed by atoms with van der Waals surface area (Å²) in [4.78, 5) is 51.3. The normalized spacial score (nSPS) is 13.8. The first-order chi connectivity index (χ1) is 23.8. The number of likely N-dealkylation sites (tertiary alicyclic amines) is 1. The smallest absolute Gasteiger partial charge is 0.326 e. The lowest BCUT2D eigenvalue weighted by Crippen LogP contribution is -2.36. The van der Waals surface area contributed by atoms with Gasteiger partial charge in [-0.15, -0.1) is 0 Å². The van der Waals surface area contributed by atoms with Gasteiger partial charge in [0.25, 0.3) is 5.56 Å². The van der Waals surface area contributed by atoms with Crippen molar-refractivity contribution in [1.29, 1.82) is 0 Å². The number of benzene rings is 4. The zero-order chi connectivity index (χ0) is 33.9. The summed E-state index contributed by atoms with van der Waals surface area (Å²) >= 11 is 0. The van der Waals surface area contributed by atoms with Crippen LogP contribution >= 0.6 is 0 Å². The standard InChI is InChI=1S/C39H36N6O4/c1-2-35(47)40-29-14-17-32-34(23-29)45(39(49)42-32)30-18-20-44(21-19-30)24-26-8-12-28(13-9-26)37-36(27-6-4-3-5-7-27)41-33(38(48)43-37)22-25-10-15-31(46)16-11-25/h2-17,23,30,46H,1,18-22,24H2,(H,40,47)(H,42,49)(H,43,48). The molecule has 7 rings (SSSR count). The molecule has 1 saturated heterocycles. The number of aromatic nitrogens is 4. The van der Waals surface area contributed by atoms with E-state index in [-0.39, 0.29) is 28.9 Å². The highest BCUT2D eigenvalue weighted by molar-refractivity contribution is 6.00. The van der Waals surface area contributed by atoms with Gasteiger partial charge in [0.2, 0.25) is 5.91 Å². The number of H-pyrrole nitrogens is 2. The molecule has 4 aromatic carbocycles. The van der Waals surface area contributed by atoms with Gasteiger partial charge in [-0.1, -0.05) is 73.3 Å². The quantitative estimate of drug-likeness (QED) is 0.141. The number of anilines is 1. The zero-order valence-corrected chi connectivity index (χ0v) is 26.9. The Kier molecular flexibility index (Phi) is 8.78. The van der Waals surface area contributed by atoms with Crippen LogP contribution in [0.15, 0.2) is 119 Å². The van der Waals surface area contributed by atoms with Crippen molar-refractivity contribution >= 4 is 22.6 Å². The maximum Gasteiger partial charge on any atom is 0.326 e. The van der Waals surface area contributed by atoms with Gasteiger partial charge in [0.05, 0.1) is 22.4 Å². The fraction of sp³-hybridized carbons (Fsp3) is 0.179. The molecule has 246 valence electrons. The second-order valence-corrected chi connectivity index (χ2v) is 12.4. The highest BCUT2D eigenvalue weighted by Crippen LogP contribution is 2.30. The monoisotopic (exact) mass is 652 g/mol. The van der Waals surface area contributed by atoms with Crippen LogP contribution in [0.4, 0.5) is 5.69 Å². The second kappa shape index (κ2) is 13.6. The fourth-order valence-electron chi connectivity index (χ4n) is 6.55. The number of phenols is 1. The van der Waals surface area contributed by atoms with Gasteiger partial charge >= 0.3 is 5.69 Å². The molecule has 1 amide bonds. The van der Waals surface area contributed by atoms with Crippen LogP contribution < -0.4 is 16.6 Å². The highest BCUT2D eigenvalue weighted by atomic mass is 16.3. The number of hydrogen-bond donors (Lipinski definition) is 4. The van der Waals surface area contributed by atoms with E-state index in [4.69, 9.17) is 4.98 Å². The lowest BCUT2D eigenvalue weighted by atomic mass is 10.0. The van der Waals surface area contributed by atoms with Crippen LogP contribution in [-0.4, -0.2) is 48.5 Å². The van der Waals surface area contributed by atoms with Gasteiger partial charge in [-0.25, -0.2) is 9.78 Å². The molecule has 0 radical (unpaired) electrons. The van der Waals surface area contributed by atoms with Gasteiger partial charge in [0.1, 0.15) is 11.4 Å². The van der Waals surface area contributed by atoms with Crippen LogP contribution in [0.5, 0.6) is 5.75 Å². The minimum absolute atomic E-state index is 0.0444. The number of phenolic OH excluding ortho intramolecular Hbond substituents is 1. The Labute approximate surface area is 282 Å². The number of fused-ring (bicyclic) bond motifs is 1. The number of piperidine rings is 1. The van der Waals surface area contributed by atoms with Crippen molar-refractivity contribution in [3.63, 3.8) is 0 Å². The number of imidazole rings is 1. The Bertz CT molecular complexity index is 2240. The van der Waals surface area contributed by atoms with Crippen molar-refractivity contribution in [2.45, 2.75) is 31.8 Å². The zero-order valence-electron chi connectivity index (χ0n) is 26.9. The van der Waals surface area contributed by atoms with Gasteiger partial charge in [-0.2, -0.15) is 0 Å². The van der Waals surface area contributed by atoms with Gasteiger partial charge in [-0.05, 0) is 60.4 Å². The molecule has 6 aromatic rings. The Morgan fingerprint density at radius 2 is 1.61 bits per heavy atom. The van der Waals surface area contributed by atoms with Crippen LogP contribution in [0, 0.1) is 0 Å². The van der Waals surface area contributed by atoms with Crippen LogP contribution in [0.1, 0.15) is 35.7 Å². The average Bonchev–Trinajstić information content (AvgIpc) is 3.45. The minimum Gasteiger partial charge on any atom is -0.508 e. The molecule has 1 aliphatic rings. The Hall–Kier alpha value is -6.00. The summed E-state index contributed by atoms with van der Waals surface area (Å²) in [6, 6.07) is 30.3. The predicted molar refractivity (Wildman–Crippen MR) is 192 cm³/mol. The molecule has 49 heavy (non-hydrogen) atoms. The van der Waals surface area contributed by atoms with E-state index < -0.39 is 0 Å². The molecule has 1 fully saturated rings. The van der Waals surface area contributed by atoms with Crippen molar-refractivity contribution < 1.29 is 9.90 Å². The molecular weight excluding hydrogens is 616 g/mol. The molecule has 0 saturated carbocycles. The number of nitrogens with one attached hydrogen (secondary N) is 3. The largest absolute Gasteiger partial charge is 0.508 e. The molecule has 0 unspecified atom stereocenters. The second-order valence-electron chi connectivity index (χ2n) is 12.4. The maximum atomic E-state index is 13.3. The molecule has 0 atom stereocenters. The van der Waals surface area contributed by atoms with Crippen molar-refractivity contribution in [2.24, 2.45) is 0 Å². The van der Waals surface area contributed by atoms with E-state index in [0.29, 0.717) is 29.2 Å². The first-order valence-electron chi connectivity index (χ1n) is 16.3.